The molecule has 2 aliphatic heterocycles. The first-order chi connectivity index (χ1) is 11.6. The van der Waals surface area contributed by atoms with Crippen molar-refractivity contribution in [2.24, 2.45) is 10.9 Å². The summed E-state index contributed by atoms with van der Waals surface area (Å²) in [6.07, 6.45) is 3.29. The van der Waals surface area contributed by atoms with Gasteiger partial charge in [-0.15, -0.1) is 0 Å². The highest BCUT2D eigenvalue weighted by Crippen LogP contribution is 2.22. The minimum absolute atomic E-state index is 0.195. The Morgan fingerprint density at radius 2 is 2.00 bits per heavy atom. The van der Waals surface area contributed by atoms with E-state index < -0.39 is 0 Å². The molecule has 0 saturated carbocycles. The van der Waals surface area contributed by atoms with Gasteiger partial charge in [-0.05, 0) is 26.5 Å². The Bertz CT molecular complexity index is 394. The molecule has 0 bridgehead atoms. The predicted molar refractivity (Wildman–Crippen MR) is 102 cm³/mol. The fraction of sp³-hybridized carbons (Fsp3) is 0.941. The molecule has 0 aromatic heterocycles. The summed E-state index contributed by atoms with van der Waals surface area (Å²) in [5.41, 5.74) is 0. The van der Waals surface area contributed by atoms with Gasteiger partial charge in [0.2, 0.25) is 0 Å². The zero-order valence-electron chi connectivity index (χ0n) is 15.6. The lowest BCUT2D eigenvalue weighted by atomic mass is 9.97. The predicted octanol–water partition coefficient (Wildman–Crippen LogP) is 1.03. The third-order valence-electron chi connectivity index (χ3n) is 4.96. The molecule has 140 valence electrons. The molecule has 2 aliphatic rings. The second-order valence-corrected chi connectivity index (χ2v) is 8.62. The van der Waals surface area contributed by atoms with Gasteiger partial charge in [0.05, 0.1) is 19.8 Å². The van der Waals surface area contributed by atoms with Crippen LogP contribution >= 0.6 is 11.8 Å². The van der Waals surface area contributed by atoms with Crippen LogP contribution in [0, 0.1) is 5.92 Å². The Morgan fingerprint density at radius 1 is 1.25 bits per heavy atom. The molecule has 0 radical (unpaired) electrons. The van der Waals surface area contributed by atoms with E-state index in [0.717, 1.165) is 65.0 Å². The van der Waals surface area contributed by atoms with E-state index in [4.69, 9.17) is 9.47 Å². The zero-order chi connectivity index (χ0) is 17.4. The Hall–Kier alpha value is -0.500. The maximum absolute atomic E-state index is 5.63. The normalized spacial score (nSPS) is 24.8. The lowest BCUT2D eigenvalue weighted by molar-refractivity contribution is 0.00246. The number of rotatable bonds is 7. The van der Waals surface area contributed by atoms with Crippen molar-refractivity contribution in [1.82, 2.24) is 15.5 Å². The van der Waals surface area contributed by atoms with Gasteiger partial charge in [0.25, 0.3) is 0 Å². The summed E-state index contributed by atoms with van der Waals surface area (Å²) < 4.78 is 11.3. The Balaban J connectivity index is 1.88. The first-order valence-corrected chi connectivity index (χ1v) is 10.2. The molecule has 0 aromatic rings. The average molecular weight is 359 g/mol. The largest absolute Gasteiger partial charge is 0.381 e. The summed E-state index contributed by atoms with van der Waals surface area (Å²) in [6, 6.07) is 0.475. The standard InChI is InChI=1S/C17H34N4O2S/c1-17(2,24-4)13-20-16(18-3)19-11-15(14-5-8-23-12-14)21-6-9-22-10-7-21/h14-15H,5-13H2,1-4H3,(H2,18,19,20). The van der Waals surface area contributed by atoms with Crippen molar-refractivity contribution >= 4 is 17.7 Å². The number of thioether (sulfide) groups is 1. The molecule has 0 aromatic carbocycles. The van der Waals surface area contributed by atoms with Crippen LogP contribution in [0.5, 0.6) is 0 Å². The number of nitrogens with one attached hydrogen (secondary N) is 2. The van der Waals surface area contributed by atoms with E-state index in [1.165, 1.54) is 0 Å². The molecule has 0 aliphatic carbocycles. The molecular formula is C17H34N4O2S. The smallest absolute Gasteiger partial charge is 0.191 e. The van der Waals surface area contributed by atoms with E-state index in [1.54, 1.807) is 0 Å². The highest BCUT2D eigenvalue weighted by atomic mass is 32.2. The molecule has 24 heavy (non-hydrogen) atoms. The third-order valence-corrected chi connectivity index (χ3v) is 6.21. The van der Waals surface area contributed by atoms with Crippen LogP contribution in [0.4, 0.5) is 0 Å². The summed E-state index contributed by atoms with van der Waals surface area (Å²) in [7, 11) is 1.84. The number of nitrogens with zero attached hydrogens (tertiary/aromatic N) is 2. The molecule has 0 amide bonds. The van der Waals surface area contributed by atoms with E-state index in [0.29, 0.717) is 12.0 Å². The highest BCUT2D eigenvalue weighted by Gasteiger charge is 2.31. The summed E-state index contributed by atoms with van der Waals surface area (Å²) in [4.78, 5) is 6.93. The van der Waals surface area contributed by atoms with Gasteiger partial charge < -0.3 is 20.1 Å². The first kappa shape index (κ1) is 19.8. The van der Waals surface area contributed by atoms with Crippen molar-refractivity contribution in [2.75, 3.05) is 65.9 Å². The zero-order valence-corrected chi connectivity index (χ0v) is 16.5. The van der Waals surface area contributed by atoms with Gasteiger partial charge >= 0.3 is 0 Å². The fourth-order valence-electron chi connectivity index (χ4n) is 3.15. The molecule has 2 fully saturated rings. The van der Waals surface area contributed by atoms with Crippen LogP contribution in [-0.2, 0) is 9.47 Å². The molecule has 0 spiro atoms. The maximum atomic E-state index is 5.63. The Morgan fingerprint density at radius 3 is 2.58 bits per heavy atom. The van der Waals surface area contributed by atoms with Gasteiger partial charge in [-0.25, -0.2) is 0 Å². The van der Waals surface area contributed by atoms with Crippen molar-refractivity contribution in [2.45, 2.75) is 31.1 Å². The maximum Gasteiger partial charge on any atom is 0.191 e. The van der Waals surface area contributed by atoms with Gasteiger partial charge in [0.15, 0.2) is 5.96 Å². The SMILES string of the molecule is CN=C(NCC(C1CCOC1)N1CCOCC1)NCC(C)(C)SC. The second-order valence-electron chi connectivity index (χ2n) is 7.11. The number of hydrogen-bond donors (Lipinski definition) is 2. The highest BCUT2D eigenvalue weighted by molar-refractivity contribution is 7.99. The lowest BCUT2D eigenvalue weighted by Crippen LogP contribution is -2.54. The van der Waals surface area contributed by atoms with E-state index in [2.05, 4.69) is 40.6 Å². The molecule has 6 nitrogen and oxygen atoms in total. The summed E-state index contributed by atoms with van der Waals surface area (Å²) in [5.74, 6) is 1.48. The van der Waals surface area contributed by atoms with E-state index in [1.807, 2.05) is 18.8 Å². The van der Waals surface area contributed by atoms with Gasteiger partial charge in [0.1, 0.15) is 0 Å². The van der Waals surface area contributed by atoms with Crippen LogP contribution in [0.3, 0.4) is 0 Å². The molecule has 2 N–H and O–H groups in total. The molecule has 2 heterocycles. The Kier molecular flexibility index (Phi) is 8.13. The third kappa shape index (κ3) is 6.10. The number of hydrogen-bond acceptors (Lipinski definition) is 5. The summed E-state index contributed by atoms with van der Waals surface area (Å²) in [6.45, 7) is 11.7. The van der Waals surface area contributed by atoms with Crippen molar-refractivity contribution in [1.29, 1.82) is 0 Å². The van der Waals surface area contributed by atoms with Crippen LogP contribution in [0.2, 0.25) is 0 Å². The van der Waals surface area contributed by atoms with Crippen LogP contribution in [0.1, 0.15) is 20.3 Å². The number of morpholine rings is 1. The monoisotopic (exact) mass is 358 g/mol. The average Bonchev–Trinajstić information content (AvgIpc) is 3.13. The topological polar surface area (TPSA) is 58.1 Å². The van der Waals surface area contributed by atoms with Crippen LogP contribution in [0.15, 0.2) is 4.99 Å². The van der Waals surface area contributed by atoms with Gasteiger partial charge in [-0.1, -0.05) is 0 Å². The number of ether oxygens (including phenoxy) is 2. The molecule has 2 atom stereocenters. The van der Waals surface area contributed by atoms with Crippen LogP contribution in [-0.4, -0.2) is 87.6 Å². The Labute approximate surface area is 151 Å². The summed E-state index contributed by atoms with van der Waals surface area (Å²) >= 11 is 1.86. The fourth-order valence-corrected chi connectivity index (χ4v) is 3.37. The van der Waals surface area contributed by atoms with E-state index in [-0.39, 0.29) is 4.75 Å². The minimum Gasteiger partial charge on any atom is -0.381 e. The van der Waals surface area contributed by atoms with Gasteiger partial charge in [0, 0.05) is 56.5 Å². The van der Waals surface area contributed by atoms with Gasteiger partial charge in [-0.3, -0.25) is 9.89 Å². The van der Waals surface area contributed by atoms with Crippen molar-refractivity contribution in [3.8, 4) is 0 Å². The molecular weight excluding hydrogens is 324 g/mol. The van der Waals surface area contributed by atoms with Crippen LogP contribution < -0.4 is 10.6 Å². The lowest BCUT2D eigenvalue weighted by Gasteiger charge is -2.37. The molecule has 7 heteroatoms. The van der Waals surface area contributed by atoms with Crippen LogP contribution in [0.25, 0.3) is 0 Å². The number of aliphatic imine (C=N–C) groups is 1. The van der Waals surface area contributed by atoms with Crippen molar-refractivity contribution < 1.29 is 9.47 Å². The first-order valence-electron chi connectivity index (χ1n) is 8.95. The minimum atomic E-state index is 0.195. The van der Waals surface area contributed by atoms with Crippen molar-refractivity contribution in [3.05, 3.63) is 0 Å². The molecule has 2 saturated heterocycles. The van der Waals surface area contributed by atoms with Crippen molar-refractivity contribution in [3.63, 3.8) is 0 Å². The molecule has 2 unspecified atom stereocenters. The van der Waals surface area contributed by atoms with E-state index >= 15 is 0 Å². The number of guanidine groups is 1. The molecule has 2 rings (SSSR count). The quantitative estimate of drug-likeness (QED) is 0.524. The van der Waals surface area contributed by atoms with Gasteiger partial charge in [-0.2, -0.15) is 11.8 Å². The summed E-state index contributed by atoms with van der Waals surface area (Å²) in [5, 5.41) is 6.99. The second kappa shape index (κ2) is 9.85. The van der Waals surface area contributed by atoms with E-state index in [9.17, 15) is 0 Å².